The summed E-state index contributed by atoms with van der Waals surface area (Å²) in [5.74, 6) is 0. The van der Waals surface area contributed by atoms with E-state index in [4.69, 9.17) is 4.74 Å². The van der Waals surface area contributed by atoms with Crippen molar-refractivity contribution in [3.8, 4) is 0 Å². The summed E-state index contributed by atoms with van der Waals surface area (Å²) in [6.07, 6.45) is 4.58. The van der Waals surface area contributed by atoms with Gasteiger partial charge >= 0.3 is 0 Å². The third-order valence-electron chi connectivity index (χ3n) is 3.71. The molecule has 1 fully saturated rings. The number of aromatic nitrogens is 1. The SMILES string of the molecule is CC1CCC(Cn2ccc3c([N+](=O)[O-])cccc32)O1. The van der Waals surface area contributed by atoms with Crippen LogP contribution in [-0.2, 0) is 11.3 Å². The molecule has 0 amide bonds. The average Bonchev–Trinajstić information content (AvgIpc) is 2.97. The van der Waals surface area contributed by atoms with Gasteiger partial charge in [-0.05, 0) is 31.9 Å². The van der Waals surface area contributed by atoms with Crippen molar-refractivity contribution in [1.82, 2.24) is 4.57 Å². The van der Waals surface area contributed by atoms with Gasteiger partial charge in [0.05, 0.1) is 28.0 Å². The molecule has 0 spiro atoms. The van der Waals surface area contributed by atoms with E-state index in [1.165, 1.54) is 0 Å². The number of rotatable bonds is 3. The lowest BCUT2D eigenvalue weighted by Crippen LogP contribution is -2.15. The van der Waals surface area contributed by atoms with Crippen molar-refractivity contribution in [2.75, 3.05) is 0 Å². The van der Waals surface area contributed by atoms with Gasteiger partial charge in [0.25, 0.3) is 5.69 Å². The van der Waals surface area contributed by atoms with Gasteiger partial charge in [-0.2, -0.15) is 0 Å². The van der Waals surface area contributed by atoms with Gasteiger partial charge < -0.3 is 9.30 Å². The first-order chi connectivity index (χ1) is 9.15. The highest BCUT2D eigenvalue weighted by molar-refractivity contribution is 5.89. The van der Waals surface area contributed by atoms with Crippen LogP contribution in [0.2, 0.25) is 0 Å². The largest absolute Gasteiger partial charge is 0.373 e. The molecule has 3 rings (SSSR count). The normalized spacial score (nSPS) is 23.0. The van der Waals surface area contributed by atoms with Crippen LogP contribution < -0.4 is 0 Å². The molecule has 19 heavy (non-hydrogen) atoms. The Morgan fingerprint density at radius 3 is 2.95 bits per heavy atom. The van der Waals surface area contributed by atoms with Crippen LogP contribution in [0.5, 0.6) is 0 Å². The Bertz CT molecular complexity index is 620. The summed E-state index contributed by atoms with van der Waals surface area (Å²) in [7, 11) is 0. The Kier molecular flexibility index (Phi) is 2.98. The van der Waals surface area contributed by atoms with Gasteiger partial charge in [-0.15, -0.1) is 0 Å². The molecule has 5 nitrogen and oxygen atoms in total. The van der Waals surface area contributed by atoms with E-state index in [-0.39, 0.29) is 16.7 Å². The highest BCUT2D eigenvalue weighted by atomic mass is 16.6. The summed E-state index contributed by atoms with van der Waals surface area (Å²) < 4.78 is 7.85. The van der Waals surface area contributed by atoms with Crippen molar-refractivity contribution in [3.63, 3.8) is 0 Å². The second kappa shape index (κ2) is 4.66. The van der Waals surface area contributed by atoms with Gasteiger partial charge in [-0.25, -0.2) is 0 Å². The highest BCUT2D eigenvalue weighted by Gasteiger charge is 2.23. The zero-order valence-corrected chi connectivity index (χ0v) is 10.8. The number of nitro groups is 1. The minimum absolute atomic E-state index is 0.164. The first kappa shape index (κ1) is 12.2. The van der Waals surface area contributed by atoms with E-state index in [2.05, 4.69) is 6.92 Å². The molecule has 0 radical (unpaired) electrons. The number of nitrogens with zero attached hydrogens (tertiary/aromatic N) is 2. The molecule has 1 aromatic heterocycles. The van der Waals surface area contributed by atoms with Crippen LogP contribution in [-0.4, -0.2) is 21.7 Å². The Hall–Kier alpha value is -1.88. The van der Waals surface area contributed by atoms with E-state index < -0.39 is 0 Å². The average molecular weight is 260 g/mol. The quantitative estimate of drug-likeness (QED) is 0.629. The number of hydrogen-bond acceptors (Lipinski definition) is 3. The molecule has 1 saturated heterocycles. The number of fused-ring (bicyclic) bond motifs is 1. The van der Waals surface area contributed by atoms with Crippen molar-refractivity contribution in [1.29, 1.82) is 0 Å². The molecule has 2 atom stereocenters. The van der Waals surface area contributed by atoms with Crippen LogP contribution in [0.1, 0.15) is 19.8 Å². The van der Waals surface area contributed by atoms with Gasteiger partial charge in [-0.1, -0.05) is 6.07 Å². The summed E-state index contributed by atoms with van der Waals surface area (Å²) >= 11 is 0. The molecule has 1 aliphatic rings. The van der Waals surface area contributed by atoms with E-state index in [0.29, 0.717) is 11.5 Å². The molecule has 0 aliphatic carbocycles. The lowest BCUT2D eigenvalue weighted by atomic mass is 10.2. The molecule has 5 heteroatoms. The maximum Gasteiger partial charge on any atom is 0.278 e. The molecule has 1 aliphatic heterocycles. The molecule has 100 valence electrons. The van der Waals surface area contributed by atoms with Gasteiger partial charge in [0, 0.05) is 18.8 Å². The molecule has 0 N–H and O–H groups in total. The minimum atomic E-state index is -0.333. The van der Waals surface area contributed by atoms with E-state index in [1.807, 2.05) is 22.9 Å². The molecule has 2 aromatic rings. The molecule has 1 aromatic carbocycles. The Morgan fingerprint density at radius 1 is 1.42 bits per heavy atom. The fraction of sp³-hybridized carbons (Fsp3) is 0.429. The fourth-order valence-corrected chi connectivity index (χ4v) is 2.76. The van der Waals surface area contributed by atoms with Crippen molar-refractivity contribution in [2.45, 2.75) is 38.5 Å². The highest BCUT2D eigenvalue weighted by Crippen LogP contribution is 2.28. The summed E-state index contributed by atoms with van der Waals surface area (Å²) in [6.45, 7) is 2.84. The fourth-order valence-electron chi connectivity index (χ4n) is 2.76. The molecule has 0 saturated carbocycles. The lowest BCUT2D eigenvalue weighted by Gasteiger charge is -2.13. The second-order valence-electron chi connectivity index (χ2n) is 5.08. The summed E-state index contributed by atoms with van der Waals surface area (Å²) in [4.78, 5) is 10.7. The monoisotopic (exact) mass is 260 g/mol. The van der Waals surface area contributed by atoms with Crippen LogP contribution in [0.15, 0.2) is 30.5 Å². The topological polar surface area (TPSA) is 57.3 Å². The number of non-ortho nitro benzene ring substituents is 1. The summed E-state index contributed by atoms with van der Waals surface area (Å²) in [5, 5.41) is 11.7. The van der Waals surface area contributed by atoms with E-state index in [0.717, 1.165) is 24.9 Å². The Labute approximate surface area is 110 Å². The molecular formula is C14H16N2O3. The number of nitro benzene ring substituents is 1. The zero-order valence-electron chi connectivity index (χ0n) is 10.8. The standard InChI is InChI=1S/C14H16N2O3/c1-10-5-6-11(19-10)9-15-8-7-12-13(15)3-2-4-14(12)16(17)18/h2-4,7-8,10-11H,5-6,9H2,1H3. The molecule has 2 heterocycles. The van der Waals surface area contributed by atoms with E-state index >= 15 is 0 Å². The third-order valence-corrected chi connectivity index (χ3v) is 3.71. The van der Waals surface area contributed by atoms with Gasteiger partial charge in [0.1, 0.15) is 0 Å². The third kappa shape index (κ3) is 2.21. The number of hydrogen-bond donors (Lipinski definition) is 0. The molecular weight excluding hydrogens is 244 g/mol. The number of benzene rings is 1. The maximum atomic E-state index is 11.0. The Morgan fingerprint density at radius 2 is 2.26 bits per heavy atom. The second-order valence-corrected chi connectivity index (χ2v) is 5.08. The lowest BCUT2D eigenvalue weighted by molar-refractivity contribution is -0.383. The van der Waals surface area contributed by atoms with Crippen molar-refractivity contribution >= 4 is 16.6 Å². The van der Waals surface area contributed by atoms with Crippen LogP contribution >= 0.6 is 0 Å². The van der Waals surface area contributed by atoms with Crippen molar-refractivity contribution in [3.05, 3.63) is 40.6 Å². The van der Waals surface area contributed by atoms with E-state index in [1.54, 1.807) is 12.1 Å². The van der Waals surface area contributed by atoms with Crippen LogP contribution in [0, 0.1) is 10.1 Å². The van der Waals surface area contributed by atoms with E-state index in [9.17, 15) is 10.1 Å². The summed E-state index contributed by atoms with van der Waals surface area (Å²) in [5.41, 5.74) is 1.06. The molecule has 2 unspecified atom stereocenters. The van der Waals surface area contributed by atoms with Gasteiger partial charge in [-0.3, -0.25) is 10.1 Å². The first-order valence-corrected chi connectivity index (χ1v) is 6.53. The zero-order chi connectivity index (χ0) is 13.4. The van der Waals surface area contributed by atoms with Crippen molar-refractivity contribution < 1.29 is 9.66 Å². The van der Waals surface area contributed by atoms with Crippen molar-refractivity contribution in [2.24, 2.45) is 0 Å². The predicted molar refractivity (Wildman–Crippen MR) is 72.2 cm³/mol. The maximum absolute atomic E-state index is 11.0. The first-order valence-electron chi connectivity index (χ1n) is 6.53. The van der Waals surface area contributed by atoms with Crippen LogP contribution in [0.25, 0.3) is 10.9 Å². The predicted octanol–water partition coefficient (Wildman–Crippen LogP) is 3.12. The smallest absolute Gasteiger partial charge is 0.278 e. The molecule has 0 bridgehead atoms. The van der Waals surface area contributed by atoms with Gasteiger partial charge in [0.15, 0.2) is 0 Å². The number of ether oxygens (including phenoxy) is 1. The minimum Gasteiger partial charge on any atom is -0.373 e. The van der Waals surface area contributed by atoms with Crippen LogP contribution in [0.3, 0.4) is 0 Å². The summed E-state index contributed by atoms with van der Waals surface area (Å²) in [6, 6.07) is 7.00. The Balaban J connectivity index is 1.93. The van der Waals surface area contributed by atoms with Crippen LogP contribution in [0.4, 0.5) is 5.69 Å². The van der Waals surface area contributed by atoms with Gasteiger partial charge in [0.2, 0.25) is 0 Å².